The van der Waals surface area contributed by atoms with Crippen LogP contribution >= 0.6 is 0 Å². The van der Waals surface area contributed by atoms with Crippen molar-refractivity contribution in [1.82, 2.24) is 4.31 Å². The summed E-state index contributed by atoms with van der Waals surface area (Å²) in [5, 5.41) is 0. The fourth-order valence-electron chi connectivity index (χ4n) is 2.41. The van der Waals surface area contributed by atoms with Gasteiger partial charge in [0.2, 0.25) is 10.0 Å². The number of nitrogen functional groups attached to an aromatic ring is 1. The van der Waals surface area contributed by atoms with E-state index in [4.69, 9.17) is 5.73 Å². The van der Waals surface area contributed by atoms with Crippen LogP contribution in [0.2, 0.25) is 0 Å². The zero-order valence-corrected chi connectivity index (χ0v) is 12.6. The number of benzene rings is 1. The number of ether oxygens (including phenoxy) is 1. The SMILES string of the molecule is COC(=O)C1CN(S(=O)(=O)c2ccc(F)c(N)c2)CC1C. The summed E-state index contributed by atoms with van der Waals surface area (Å²) >= 11 is 0. The van der Waals surface area contributed by atoms with Crippen LogP contribution in [0.1, 0.15) is 6.92 Å². The number of anilines is 1. The minimum Gasteiger partial charge on any atom is -0.469 e. The molecule has 1 heterocycles. The third-order valence-corrected chi connectivity index (χ3v) is 5.52. The molecule has 0 radical (unpaired) electrons. The van der Waals surface area contributed by atoms with Gasteiger partial charge in [0.05, 0.1) is 23.6 Å². The van der Waals surface area contributed by atoms with Crippen molar-refractivity contribution in [2.45, 2.75) is 11.8 Å². The first kappa shape index (κ1) is 15.7. The number of esters is 1. The van der Waals surface area contributed by atoms with Crippen LogP contribution in [0.25, 0.3) is 0 Å². The number of hydrogen-bond donors (Lipinski definition) is 1. The Kier molecular flexibility index (Phi) is 4.20. The number of carbonyl (C=O) groups excluding carboxylic acids is 1. The number of methoxy groups -OCH3 is 1. The van der Waals surface area contributed by atoms with Gasteiger partial charge in [-0.25, -0.2) is 12.8 Å². The van der Waals surface area contributed by atoms with E-state index in [1.165, 1.54) is 11.4 Å². The second kappa shape index (κ2) is 5.61. The lowest BCUT2D eigenvalue weighted by molar-refractivity contribution is -0.145. The maximum atomic E-state index is 13.1. The predicted octanol–water partition coefficient (Wildman–Crippen LogP) is 0.837. The van der Waals surface area contributed by atoms with Gasteiger partial charge in [-0.15, -0.1) is 0 Å². The van der Waals surface area contributed by atoms with Gasteiger partial charge >= 0.3 is 5.97 Å². The van der Waals surface area contributed by atoms with Gasteiger partial charge in [0.25, 0.3) is 0 Å². The maximum absolute atomic E-state index is 13.1. The van der Waals surface area contributed by atoms with Crippen LogP contribution < -0.4 is 5.73 Å². The van der Waals surface area contributed by atoms with Crippen molar-refractivity contribution >= 4 is 21.7 Å². The lowest BCUT2D eigenvalue weighted by Gasteiger charge is -2.16. The highest BCUT2D eigenvalue weighted by Gasteiger charge is 2.41. The number of nitrogens with zero attached hydrogens (tertiary/aromatic N) is 1. The fourth-order valence-corrected chi connectivity index (χ4v) is 4.01. The molecule has 1 saturated heterocycles. The molecule has 21 heavy (non-hydrogen) atoms. The number of hydrogen-bond acceptors (Lipinski definition) is 5. The largest absolute Gasteiger partial charge is 0.469 e. The zero-order valence-electron chi connectivity index (χ0n) is 11.7. The van der Waals surface area contributed by atoms with Gasteiger partial charge in [-0.2, -0.15) is 4.31 Å². The Hall–Kier alpha value is -1.67. The summed E-state index contributed by atoms with van der Waals surface area (Å²) in [6, 6.07) is 3.26. The molecule has 8 heteroatoms. The van der Waals surface area contributed by atoms with Crippen LogP contribution in [0.5, 0.6) is 0 Å². The molecule has 1 fully saturated rings. The first-order valence-corrected chi connectivity index (χ1v) is 7.84. The van der Waals surface area contributed by atoms with Crippen LogP contribution in [0.15, 0.2) is 23.1 Å². The molecule has 0 aliphatic carbocycles. The predicted molar refractivity (Wildman–Crippen MR) is 74.2 cm³/mol. The van der Waals surface area contributed by atoms with E-state index in [9.17, 15) is 17.6 Å². The number of rotatable bonds is 3. The average molecular weight is 316 g/mol. The summed E-state index contributed by atoms with van der Waals surface area (Å²) in [5.74, 6) is -1.75. The first-order valence-electron chi connectivity index (χ1n) is 6.40. The summed E-state index contributed by atoms with van der Waals surface area (Å²) in [6.07, 6.45) is 0. The van der Waals surface area contributed by atoms with Crippen molar-refractivity contribution in [3.8, 4) is 0 Å². The highest BCUT2D eigenvalue weighted by molar-refractivity contribution is 7.89. The molecule has 2 N–H and O–H groups in total. The lowest BCUT2D eigenvalue weighted by atomic mass is 9.99. The Morgan fingerprint density at radius 2 is 2.10 bits per heavy atom. The number of carbonyl (C=O) groups is 1. The normalized spacial score (nSPS) is 23.2. The van der Waals surface area contributed by atoms with Crippen molar-refractivity contribution < 1.29 is 22.3 Å². The van der Waals surface area contributed by atoms with E-state index in [2.05, 4.69) is 4.74 Å². The van der Waals surface area contributed by atoms with Crippen molar-refractivity contribution in [3.05, 3.63) is 24.0 Å². The molecule has 0 aromatic heterocycles. The second-order valence-electron chi connectivity index (χ2n) is 5.11. The standard InChI is InChI=1S/C13H17FN2O4S/c1-8-6-16(7-10(8)13(17)20-2)21(18,19)9-3-4-11(14)12(15)5-9/h3-5,8,10H,6-7,15H2,1-2H3. The van der Waals surface area contributed by atoms with Gasteiger partial charge in [-0.05, 0) is 24.1 Å². The molecule has 1 aliphatic heterocycles. The molecule has 0 spiro atoms. The minimum absolute atomic E-state index is 0.0491. The average Bonchev–Trinajstić information content (AvgIpc) is 2.83. The lowest BCUT2D eigenvalue weighted by Crippen LogP contribution is -2.30. The topological polar surface area (TPSA) is 89.7 Å². The van der Waals surface area contributed by atoms with Crippen LogP contribution in [0, 0.1) is 17.7 Å². The summed E-state index contributed by atoms with van der Waals surface area (Å²) in [7, 11) is -2.54. The minimum atomic E-state index is -3.81. The van der Waals surface area contributed by atoms with Gasteiger partial charge in [-0.3, -0.25) is 4.79 Å². The van der Waals surface area contributed by atoms with Crippen molar-refractivity contribution in [2.24, 2.45) is 11.8 Å². The highest BCUT2D eigenvalue weighted by Crippen LogP contribution is 2.30. The first-order chi connectivity index (χ1) is 9.77. The Morgan fingerprint density at radius 1 is 1.43 bits per heavy atom. The molecule has 0 saturated carbocycles. The molecule has 1 aromatic rings. The van der Waals surface area contributed by atoms with E-state index < -0.39 is 27.7 Å². The molecule has 116 valence electrons. The zero-order chi connectivity index (χ0) is 15.8. The molecule has 0 bridgehead atoms. The third-order valence-electron chi connectivity index (χ3n) is 3.69. The van der Waals surface area contributed by atoms with Crippen molar-refractivity contribution in [1.29, 1.82) is 0 Å². The van der Waals surface area contributed by atoms with Gasteiger partial charge in [0.15, 0.2) is 0 Å². The fraction of sp³-hybridized carbons (Fsp3) is 0.462. The summed E-state index contributed by atoms with van der Waals surface area (Å²) < 4.78 is 44.0. The van der Waals surface area contributed by atoms with Crippen LogP contribution in [-0.4, -0.2) is 38.9 Å². The highest BCUT2D eigenvalue weighted by atomic mass is 32.2. The number of sulfonamides is 1. The van der Waals surface area contributed by atoms with Gasteiger partial charge in [0, 0.05) is 13.1 Å². The number of halogens is 1. The molecule has 1 aliphatic rings. The Bertz CT molecular complexity index is 662. The summed E-state index contributed by atoms with van der Waals surface area (Å²) in [6.45, 7) is 2.04. The van der Waals surface area contributed by atoms with E-state index in [0.29, 0.717) is 0 Å². The number of nitrogens with two attached hydrogens (primary N) is 1. The van der Waals surface area contributed by atoms with E-state index in [0.717, 1.165) is 18.2 Å². The van der Waals surface area contributed by atoms with Crippen LogP contribution in [0.3, 0.4) is 0 Å². The molecular formula is C13H17FN2O4S. The van der Waals surface area contributed by atoms with E-state index >= 15 is 0 Å². The molecule has 6 nitrogen and oxygen atoms in total. The Morgan fingerprint density at radius 3 is 2.67 bits per heavy atom. The molecule has 1 aromatic carbocycles. The van der Waals surface area contributed by atoms with Crippen molar-refractivity contribution in [3.63, 3.8) is 0 Å². The van der Waals surface area contributed by atoms with E-state index in [1.807, 2.05) is 0 Å². The Labute approximate surface area is 122 Å². The quantitative estimate of drug-likeness (QED) is 0.659. The third kappa shape index (κ3) is 2.86. The maximum Gasteiger partial charge on any atom is 0.310 e. The summed E-state index contributed by atoms with van der Waals surface area (Å²) in [5.41, 5.74) is 5.18. The molecule has 2 unspecified atom stereocenters. The molecular weight excluding hydrogens is 299 g/mol. The molecule has 0 amide bonds. The van der Waals surface area contributed by atoms with Crippen LogP contribution in [0.4, 0.5) is 10.1 Å². The van der Waals surface area contributed by atoms with Gasteiger partial charge in [-0.1, -0.05) is 6.92 Å². The van der Waals surface area contributed by atoms with Gasteiger partial charge in [0.1, 0.15) is 5.82 Å². The Balaban J connectivity index is 2.29. The van der Waals surface area contributed by atoms with Crippen molar-refractivity contribution in [2.75, 3.05) is 25.9 Å². The van der Waals surface area contributed by atoms with E-state index in [-0.39, 0.29) is 29.6 Å². The van der Waals surface area contributed by atoms with Gasteiger partial charge < -0.3 is 10.5 Å². The smallest absolute Gasteiger partial charge is 0.310 e. The van der Waals surface area contributed by atoms with Crippen LogP contribution in [-0.2, 0) is 19.6 Å². The molecule has 2 atom stereocenters. The molecule has 2 rings (SSSR count). The summed E-state index contributed by atoms with van der Waals surface area (Å²) in [4.78, 5) is 11.5. The van der Waals surface area contributed by atoms with E-state index in [1.54, 1.807) is 6.92 Å². The second-order valence-corrected chi connectivity index (χ2v) is 7.05. The monoisotopic (exact) mass is 316 g/mol.